The Labute approximate surface area is 175 Å². The first-order valence-electron chi connectivity index (χ1n) is 9.95. The van der Waals surface area contributed by atoms with Gasteiger partial charge in [0, 0.05) is 43.4 Å². The van der Waals surface area contributed by atoms with E-state index in [0.717, 1.165) is 50.5 Å². The van der Waals surface area contributed by atoms with Crippen molar-refractivity contribution < 1.29 is 9.59 Å². The standard InChI is InChI=1S/C20H27ClN4O2S/c1-3-23-8-10-24(11-9-23)16-5-4-14(21)12-15(16)22-19(27)17-13-28-20(2)7-6-18(26)25(17)20/h4-5,12,17H,3,6-11,13H2,1-2H3,(H,22,27). The van der Waals surface area contributed by atoms with Crippen molar-refractivity contribution in [1.29, 1.82) is 0 Å². The van der Waals surface area contributed by atoms with E-state index in [4.69, 9.17) is 11.6 Å². The third-order valence-electron chi connectivity index (χ3n) is 6.12. The fraction of sp³-hybridized carbons (Fsp3) is 0.600. The molecule has 0 saturated carbocycles. The molecular formula is C20H27ClN4O2S. The van der Waals surface area contributed by atoms with Gasteiger partial charge in [-0.1, -0.05) is 18.5 Å². The van der Waals surface area contributed by atoms with Crippen molar-refractivity contribution in [1.82, 2.24) is 9.80 Å². The van der Waals surface area contributed by atoms with Crippen LogP contribution >= 0.6 is 23.4 Å². The SMILES string of the molecule is CCN1CCN(c2ccc(Cl)cc2NC(=O)C2CSC3(C)CCC(=O)N23)CC1. The number of piperazine rings is 1. The van der Waals surface area contributed by atoms with Crippen LogP contribution in [0, 0.1) is 0 Å². The Balaban J connectivity index is 1.52. The van der Waals surface area contributed by atoms with Gasteiger partial charge < -0.3 is 20.0 Å². The van der Waals surface area contributed by atoms with Crippen LogP contribution in [0.15, 0.2) is 18.2 Å². The van der Waals surface area contributed by atoms with Gasteiger partial charge in [0.15, 0.2) is 0 Å². The summed E-state index contributed by atoms with van der Waals surface area (Å²) in [6, 6.07) is 5.24. The summed E-state index contributed by atoms with van der Waals surface area (Å²) < 4.78 is 0. The molecule has 2 amide bonds. The molecule has 152 valence electrons. The summed E-state index contributed by atoms with van der Waals surface area (Å²) in [5.74, 6) is 0.593. The monoisotopic (exact) mass is 422 g/mol. The lowest BCUT2D eigenvalue weighted by Crippen LogP contribution is -2.48. The molecule has 1 aromatic carbocycles. The molecular weight excluding hydrogens is 396 g/mol. The number of likely N-dealkylation sites (N-methyl/N-ethyl adjacent to an activating group) is 1. The Kier molecular flexibility index (Phi) is 5.51. The van der Waals surface area contributed by atoms with Crippen LogP contribution in [0.4, 0.5) is 11.4 Å². The smallest absolute Gasteiger partial charge is 0.248 e. The Hall–Kier alpha value is -1.44. The number of benzene rings is 1. The molecule has 2 atom stereocenters. The zero-order chi connectivity index (χ0) is 19.9. The molecule has 8 heteroatoms. The summed E-state index contributed by atoms with van der Waals surface area (Å²) in [7, 11) is 0. The van der Waals surface area contributed by atoms with E-state index in [1.54, 1.807) is 16.7 Å². The molecule has 0 aliphatic carbocycles. The molecule has 3 heterocycles. The third-order valence-corrected chi connectivity index (χ3v) is 7.86. The first kappa shape index (κ1) is 19.9. The van der Waals surface area contributed by atoms with Crippen molar-refractivity contribution in [2.45, 2.75) is 37.6 Å². The lowest BCUT2D eigenvalue weighted by molar-refractivity contribution is -0.135. The first-order chi connectivity index (χ1) is 13.4. The van der Waals surface area contributed by atoms with Crippen molar-refractivity contribution in [3.05, 3.63) is 23.2 Å². The Bertz CT molecular complexity index is 783. The molecule has 4 rings (SSSR count). The van der Waals surface area contributed by atoms with Crippen LogP contribution in [0.1, 0.15) is 26.7 Å². The minimum absolute atomic E-state index is 0.0784. The van der Waals surface area contributed by atoms with Gasteiger partial charge in [0.2, 0.25) is 11.8 Å². The fourth-order valence-electron chi connectivity index (χ4n) is 4.42. The second kappa shape index (κ2) is 7.76. The summed E-state index contributed by atoms with van der Waals surface area (Å²) >= 11 is 7.94. The third kappa shape index (κ3) is 3.60. The van der Waals surface area contributed by atoms with Crippen molar-refractivity contribution in [3.63, 3.8) is 0 Å². The van der Waals surface area contributed by atoms with Gasteiger partial charge >= 0.3 is 0 Å². The Morgan fingerprint density at radius 2 is 2.07 bits per heavy atom. The highest BCUT2D eigenvalue weighted by Crippen LogP contribution is 2.47. The van der Waals surface area contributed by atoms with Crippen LogP contribution < -0.4 is 10.2 Å². The molecule has 3 aliphatic heterocycles. The zero-order valence-electron chi connectivity index (χ0n) is 16.4. The van der Waals surface area contributed by atoms with E-state index in [1.807, 2.05) is 18.2 Å². The number of anilines is 2. The molecule has 0 bridgehead atoms. The van der Waals surface area contributed by atoms with Crippen LogP contribution in [0.25, 0.3) is 0 Å². The molecule has 0 aromatic heterocycles. The lowest BCUT2D eigenvalue weighted by atomic mass is 10.1. The van der Waals surface area contributed by atoms with Crippen molar-refractivity contribution in [2.24, 2.45) is 0 Å². The minimum atomic E-state index is -0.422. The number of carbonyl (C=O) groups is 2. The van der Waals surface area contributed by atoms with E-state index in [2.05, 4.69) is 29.0 Å². The van der Waals surface area contributed by atoms with Crippen LogP contribution in [-0.4, -0.2) is 71.0 Å². The summed E-state index contributed by atoms with van der Waals surface area (Å²) in [6.45, 7) is 9.14. The first-order valence-corrected chi connectivity index (χ1v) is 11.3. The number of nitrogens with zero attached hydrogens (tertiary/aromatic N) is 3. The van der Waals surface area contributed by atoms with E-state index >= 15 is 0 Å². The summed E-state index contributed by atoms with van der Waals surface area (Å²) in [4.78, 5) is 31.7. The number of hydrogen-bond donors (Lipinski definition) is 1. The van der Waals surface area contributed by atoms with Gasteiger partial charge in [0.1, 0.15) is 6.04 Å². The maximum atomic E-state index is 13.1. The zero-order valence-corrected chi connectivity index (χ0v) is 18.0. The van der Waals surface area contributed by atoms with Crippen molar-refractivity contribution in [2.75, 3.05) is 48.7 Å². The highest BCUT2D eigenvalue weighted by atomic mass is 35.5. The van der Waals surface area contributed by atoms with E-state index in [9.17, 15) is 9.59 Å². The number of rotatable bonds is 4. The largest absolute Gasteiger partial charge is 0.367 e. The lowest BCUT2D eigenvalue weighted by Gasteiger charge is -2.36. The van der Waals surface area contributed by atoms with E-state index in [-0.39, 0.29) is 16.7 Å². The predicted octanol–water partition coefficient (Wildman–Crippen LogP) is 2.87. The molecule has 6 nitrogen and oxygen atoms in total. The predicted molar refractivity (Wildman–Crippen MR) is 115 cm³/mol. The fourth-order valence-corrected chi connectivity index (χ4v) is 6.02. The van der Waals surface area contributed by atoms with Crippen LogP contribution in [0.3, 0.4) is 0 Å². The molecule has 0 spiro atoms. The van der Waals surface area contributed by atoms with Crippen LogP contribution in [0.2, 0.25) is 5.02 Å². The maximum absolute atomic E-state index is 13.1. The van der Waals surface area contributed by atoms with Gasteiger partial charge in [-0.15, -0.1) is 11.8 Å². The molecule has 0 radical (unpaired) electrons. The average molecular weight is 423 g/mol. The Morgan fingerprint density at radius 1 is 1.32 bits per heavy atom. The van der Waals surface area contributed by atoms with Crippen molar-refractivity contribution in [3.8, 4) is 0 Å². The van der Waals surface area contributed by atoms with Gasteiger partial charge in [-0.05, 0) is 38.1 Å². The molecule has 3 aliphatic rings. The molecule has 2 unspecified atom stereocenters. The summed E-state index contributed by atoms with van der Waals surface area (Å²) in [5.41, 5.74) is 1.72. The van der Waals surface area contributed by atoms with E-state index in [1.165, 1.54) is 0 Å². The number of carbonyl (C=O) groups excluding carboxylic acids is 2. The summed E-state index contributed by atoms with van der Waals surface area (Å²) in [5, 5.41) is 3.67. The molecule has 3 fully saturated rings. The Morgan fingerprint density at radius 3 is 2.79 bits per heavy atom. The van der Waals surface area contributed by atoms with E-state index < -0.39 is 6.04 Å². The van der Waals surface area contributed by atoms with Crippen LogP contribution in [-0.2, 0) is 9.59 Å². The maximum Gasteiger partial charge on any atom is 0.248 e. The number of nitrogens with one attached hydrogen (secondary N) is 1. The molecule has 3 saturated heterocycles. The highest BCUT2D eigenvalue weighted by Gasteiger charge is 2.52. The minimum Gasteiger partial charge on any atom is -0.367 e. The van der Waals surface area contributed by atoms with Gasteiger partial charge in [0.05, 0.1) is 16.2 Å². The van der Waals surface area contributed by atoms with Gasteiger partial charge in [-0.3, -0.25) is 9.59 Å². The number of hydrogen-bond acceptors (Lipinski definition) is 5. The van der Waals surface area contributed by atoms with Crippen molar-refractivity contribution >= 4 is 46.6 Å². The van der Waals surface area contributed by atoms with Gasteiger partial charge in [-0.2, -0.15) is 0 Å². The van der Waals surface area contributed by atoms with E-state index in [0.29, 0.717) is 17.2 Å². The molecule has 28 heavy (non-hydrogen) atoms. The topological polar surface area (TPSA) is 55.9 Å². The second-order valence-electron chi connectivity index (χ2n) is 7.84. The van der Waals surface area contributed by atoms with Gasteiger partial charge in [-0.25, -0.2) is 0 Å². The molecule has 1 aromatic rings. The number of halogens is 1. The number of fused-ring (bicyclic) bond motifs is 1. The highest BCUT2D eigenvalue weighted by molar-refractivity contribution is 8.01. The average Bonchev–Trinajstić information content (AvgIpc) is 3.18. The number of amides is 2. The normalized spacial score (nSPS) is 28.0. The summed E-state index contributed by atoms with van der Waals surface area (Å²) in [6.07, 6.45) is 1.34. The molecule has 1 N–H and O–H groups in total. The quantitative estimate of drug-likeness (QED) is 0.808. The number of thioether (sulfide) groups is 1. The van der Waals surface area contributed by atoms with Gasteiger partial charge in [0.25, 0.3) is 0 Å². The second-order valence-corrected chi connectivity index (χ2v) is 9.78. The van der Waals surface area contributed by atoms with Crippen LogP contribution in [0.5, 0.6) is 0 Å².